The van der Waals surface area contributed by atoms with Gasteiger partial charge in [0.15, 0.2) is 10.8 Å². The minimum Gasteiger partial charge on any atom is -0.299 e. The molecule has 2 amide bonds. The van der Waals surface area contributed by atoms with Crippen LogP contribution in [0.5, 0.6) is 0 Å². The smallest absolute Gasteiger partial charge is 0.294 e. The summed E-state index contributed by atoms with van der Waals surface area (Å²) in [5.74, 6) is -1.01. The summed E-state index contributed by atoms with van der Waals surface area (Å²) in [4.78, 5) is 44.3. The number of nitrogens with zero attached hydrogens (tertiary/aromatic N) is 5. The number of likely N-dealkylation sites (N-methyl/N-ethyl adjacent to an activating group) is 1. The van der Waals surface area contributed by atoms with Crippen molar-refractivity contribution >= 4 is 60.4 Å². The highest BCUT2D eigenvalue weighted by Gasteiger charge is 2.36. The molecule has 0 atom stereocenters. The van der Waals surface area contributed by atoms with Crippen molar-refractivity contribution in [3.05, 3.63) is 57.0 Å². The Morgan fingerprint density at radius 2 is 1.92 bits per heavy atom. The first-order valence-corrected chi connectivity index (χ1v) is 13.7. The first-order valence-electron chi connectivity index (χ1n) is 11.4. The van der Waals surface area contributed by atoms with Crippen molar-refractivity contribution in [1.82, 2.24) is 19.8 Å². The van der Waals surface area contributed by atoms with Crippen LogP contribution in [-0.2, 0) is 26.8 Å². The Labute approximate surface area is 222 Å². The Hall–Kier alpha value is -3.88. The third-order valence-electron chi connectivity index (χ3n) is 6.02. The van der Waals surface area contributed by atoms with E-state index in [0.717, 1.165) is 22.0 Å². The van der Waals surface area contributed by atoms with Gasteiger partial charge in [-0.25, -0.2) is 9.99 Å². The highest BCUT2D eigenvalue weighted by atomic mass is 32.2. The van der Waals surface area contributed by atoms with Gasteiger partial charge in [-0.2, -0.15) is 13.5 Å². The van der Waals surface area contributed by atoms with Crippen molar-refractivity contribution in [3.63, 3.8) is 0 Å². The van der Waals surface area contributed by atoms with E-state index < -0.39 is 21.9 Å². The number of hydrazone groups is 1. The summed E-state index contributed by atoms with van der Waals surface area (Å²) in [6, 6.07) is 3.92. The molecule has 3 heterocycles. The van der Waals surface area contributed by atoms with Crippen LogP contribution in [0, 0.1) is 0 Å². The average molecular weight is 559 g/mol. The van der Waals surface area contributed by atoms with Gasteiger partial charge < -0.3 is 0 Å². The number of hydrogen-bond acceptors (Lipinski definition) is 8. The predicted octanol–water partition coefficient (Wildman–Crippen LogP) is 2.51. The van der Waals surface area contributed by atoms with E-state index in [9.17, 15) is 27.4 Å². The van der Waals surface area contributed by atoms with E-state index in [1.165, 1.54) is 41.9 Å². The molecular formula is C24H26N6O6S2. The van der Waals surface area contributed by atoms with Gasteiger partial charge in [-0.15, -0.1) is 0 Å². The highest BCUT2D eigenvalue weighted by Crippen LogP contribution is 2.31. The lowest BCUT2D eigenvalue weighted by Gasteiger charge is -2.13. The van der Waals surface area contributed by atoms with Gasteiger partial charge in [0.2, 0.25) is 0 Å². The van der Waals surface area contributed by atoms with Crippen LogP contribution in [0.15, 0.2) is 50.2 Å². The molecule has 4 rings (SSSR count). The number of carbonyl (C=O) groups is 2. The molecule has 0 saturated carbocycles. The van der Waals surface area contributed by atoms with Crippen molar-refractivity contribution in [2.45, 2.75) is 31.6 Å². The number of benzene rings is 1. The third-order valence-corrected chi connectivity index (χ3v) is 7.96. The quantitative estimate of drug-likeness (QED) is 0.347. The molecule has 38 heavy (non-hydrogen) atoms. The van der Waals surface area contributed by atoms with E-state index in [0.29, 0.717) is 21.4 Å². The zero-order chi connectivity index (χ0) is 28.1. The number of carbonyl (C=O) groups excluding carboxylic acids is 2. The van der Waals surface area contributed by atoms with Crippen molar-refractivity contribution < 1.29 is 22.6 Å². The number of anilines is 1. The van der Waals surface area contributed by atoms with E-state index in [-0.39, 0.29) is 32.8 Å². The number of H-pyrrole nitrogens is 1. The molecule has 1 aliphatic heterocycles. The summed E-state index contributed by atoms with van der Waals surface area (Å²) in [6.45, 7) is 5.56. The molecule has 12 nitrogen and oxygen atoms in total. The molecule has 200 valence electrons. The second-order valence-corrected chi connectivity index (χ2v) is 11.5. The van der Waals surface area contributed by atoms with Gasteiger partial charge in [0, 0.05) is 26.8 Å². The number of aromatic amines is 1. The Morgan fingerprint density at radius 3 is 2.55 bits per heavy atom. The summed E-state index contributed by atoms with van der Waals surface area (Å²) < 4.78 is 34.1. The lowest BCUT2D eigenvalue weighted by atomic mass is 10.0. The number of rotatable bonds is 6. The van der Waals surface area contributed by atoms with Crippen LogP contribution in [0.25, 0.3) is 16.3 Å². The number of amides is 2. The lowest BCUT2D eigenvalue weighted by Crippen LogP contribution is -2.34. The van der Waals surface area contributed by atoms with Crippen LogP contribution in [0.2, 0.25) is 0 Å². The number of allylic oxidation sites excluding steroid dienone is 2. The summed E-state index contributed by atoms with van der Waals surface area (Å²) >= 11 is 1.04. The minimum atomic E-state index is -4.40. The Balaban J connectivity index is 1.70. The minimum absolute atomic E-state index is 0.0606. The van der Waals surface area contributed by atoms with Crippen LogP contribution >= 0.6 is 11.3 Å². The number of hydrogen-bond donors (Lipinski definition) is 2. The fourth-order valence-corrected chi connectivity index (χ4v) is 5.48. The van der Waals surface area contributed by atoms with E-state index in [1.807, 2.05) is 13.8 Å². The molecule has 0 aliphatic carbocycles. The third kappa shape index (κ3) is 4.85. The van der Waals surface area contributed by atoms with Gasteiger partial charge in [-0.05, 0) is 42.7 Å². The van der Waals surface area contributed by atoms with Crippen molar-refractivity contribution in [2.24, 2.45) is 12.1 Å². The molecule has 2 aromatic heterocycles. The molecule has 0 radical (unpaired) electrons. The molecule has 1 aliphatic rings. The maximum absolute atomic E-state index is 13.5. The molecule has 3 aromatic rings. The van der Waals surface area contributed by atoms with Crippen LogP contribution in [-0.4, -0.2) is 64.4 Å². The molecular weight excluding hydrogens is 532 g/mol. The first kappa shape index (κ1) is 27.2. The summed E-state index contributed by atoms with van der Waals surface area (Å²) in [7, 11) is 0.131. The fraction of sp³-hybridized carbons (Fsp3) is 0.292. The van der Waals surface area contributed by atoms with Crippen molar-refractivity contribution in [1.29, 1.82) is 0 Å². The molecule has 0 bridgehead atoms. The topological polar surface area (TPSA) is 158 Å². The summed E-state index contributed by atoms with van der Waals surface area (Å²) in [6.07, 6.45) is 3.23. The molecule has 2 N–H and O–H groups in total. The van der Waals surface area contributed by atoms with Crippen molar-refractivity contribution in [3.8, 4) is 0 Å². The van der Waals surface area contributed by atoms with E-state index in [4.69, 9.17) is 0 Å². The lowest BCUT2D eigenvalue weighted by molar-refractivity contribution is -0.124. The first-order chi connectivity index (χ1) is 17.7. The van der Waals surface area contributed by atoms with E-state index in [2.05, 4.69) is 15.2 Å². The SMILES string of the molecule is CC(C=Cc1c(C(C)C)[nH]n(C)c1=O)=C1C(=O)N(C)N=C1C(=O)N(C)c1nc2ccc(S(=O)(=O)O)cc2s1. The maximum Gasteiger partial charge on any atom is 0.294 e. The maximum atomic E-state index is 13.5. The molecule has 14 heteroatoms. The van der Waals surface area contributed by atoms with Gasteiger partial charge in [0.25, 0.3) is 27.5 Å². The average Bonchev–Trinajstić information content (AvgIpc) is 3.49. The van der Waals surface area contributed by atoms with Crippen LogP contribution < -0.4 is 10.5 Å². The van der Waals surface area contributed by atoms with Gasteiger partial charge in [0.1, 0.15) is 0 Å². The normalized spacial score (nSPS) is 15.7. The summed E-state index contributed by atoms with van der Waals surface area (Å²) in [5, 5.41) is 8.49. The second-order valence-electron chi connectivity index (χ2n) is 9.09. The van der Waals surface area contributed by atoms with Gasteiger partial charge in [-0.3, -0.25) is 33.6 Å². The second kappa shape index (κ2) is 9.78. The Kier molecular flexibility index (Phi) is 6.99. The number of nitrogens with one attached hydrogen (secondary N) is 1. The van der Waals surface area contributed by atoms with E-state index in [1.54, 1.807) is 26.1 Å². The van der Waals surface area contributed by atoms with Crippen molar-refractivity contribution in [2.75, 3.05) is 19.0 Å². The molecule has 0 spiro atoms. The van der Waals surface area contributed by atoms with Crippen LogP contribution in [0.1, 0.15) is 37.9 Å². The molecule has 0 unspecified atom stereocenters. The zero-order valence-corrected chi connectivity index (χ0v) is 23.1. The fourth-order valence-electron chi connectivity index (χ4n) is 3.94. The molecule has 0 fully saturated rings. The summed E-state index contributed by atoms with van der Waals surface area (Å²) in [5.41, 5.74) is 1.87. The van der Waals surface area contributed by atoms with Gasteiger partial charge in [-0.1, -0.05) is 31.3 Å². The molecule has 0 saturated heterocycles. The standard InChI is InChI=1S/C24H26N6O6S2/c1-12(2)19-15(21(31)29(5)26-19)9-7-13(3)18-20(27-30(6)22(18)32)23(33)28(4)24-25-16-10-8-14(38(34,35)36)11-17(16)37-24/h7-12,26H,1-6H3,(H,34,35,36). The number of fused-ring (bicyclic) bond motifs is 1. The Bertz CT molecular complexity index is 1740. The number of aromatic nitrogens is 3. The van der Waals surface area contributed by atoms with Gasteiger partial charge >= 0.3 is 0 Å². The van der Waals surface area contributed by atoms with Crippen LogP contribution in [0.4, 0.5) is 5.13 Å². The predicted molar refractivity (Wildman–Crippen MR) is 145 cm³/mol. The van der Waals surface area contributed by atoms with E-state index >= 15 is 0 Å². The molecule has 1 aromatic carbocycles. The van der Waals surface area contributed by atoms with Crippen LogP contribution in [0.3, 0.4) is 0 Å². The monoisotopic (exact) mass is 558 g/mol. The number of aryl methyl sites for hydroxylation is 1. The Morgan fingerprint density at radius 1 is 1.24 bits per heavy atom. The number of thiazole rings is 1. The largest absolute Gasteiger partial charge is 0.299 e. The zero-order valence-electron chi connectivity index (χ0n) is 21.5. The highest BCUT2D eigenvalue weighted by molar-refractivity contribution is 7.85. The van der Waals surface area contributed by atoms with Gasteiger partial charge in [0.05, 0.1) is 26.2 Å².